The molecule has 0 heterocycles. The van der Waals surface area contributed by atoms with E-state index in [9.17, 15) is 13.2 Å². The van der Waals surface area contributed by atoms with Gasteiger partial charge in [-0.2, -0.15) is 25.8 Å². The van der Waals surface area contributed by atoms with Crippen LogP contribution >= 0.6 is 40.3 Å². The van der Waals surface area contributed by atoms with Crippen molar-refractivity contribution in [3.8, 4) is 0 Å². The van der Waals surface area contributed by atoms with Gasteiger partial charge in [0.25, 0.3) is 0 Å². The molecule has 0 aliphatic carbocycles. The van der Waals surface area contributed by atoms with Gasteiger partial charge in [0, 0.05) is 5.75 Å². The van der Waals surface area contributed by atoms with Crippen LogP contribution in [0.4, 0.5) is 13.2 Å². The van der Waals surface area contributed by atoms with Crippen LogP contribution < -0.4 is 0 Å². The van der Waals surface area contributed by atoms with Crippen molar-refractivity contribution in [3.63, 3.8) is 0 Å². The fourth-order valence-corrected chi connectivity index (χ4v) is 2.95. The van der Waals surface area contributed by atoms with Crippen LogP contribution in [0.5, 0.6) is 0 Å². The molecule has 0 rings (SSSR count). The molecule has 0 fully saturated rings. The normalized spacial score (nSPS) is 14.8. The summed E-state index contributed by atoms with van der Waals surface area (Å²) in [4.78, 5) is 0. The van der Waals surface area contributed by atoms with E-state index in [4.69, 9.17) is 0 Å². The van der Waals surface area contributed by atoms with Gasteiger partial charge >= 0.3 is 6.18 Å². The van der Waals surface area contributed by atoms with E-state index < -0.39 is 12.6 Å². The minimum atomic E-state index is -4.03. The van der Waals surface area contributed by atoms with Crippen LogP contribution in [0, 0.1) is 0 Å². The van der Waals surface area contributed by atoms with Gasteiger partial charge in [-0.3, -0.25) is 0 Å². The average molecular weight is 283 g/mol. The van der Waals surface area contributed by atoms with Gasteiger partial charge in [0.2, 0.25) is 0 Å². The molecule has 0 aliphatic rings. The molecule has 12 heavy (non-hydrogen) atoms. The zero-order valence-corrected chi connectivity index (χ0v) is 9.57. The van der Waals surface area contributed by atoms with E-state index in [2.05, 4.69) is 28.6 Å². The molecule has 0 amide bonds. The van der Waals surface area contributed by atoms with Gasteiger partial charge in [-0.1, -0.05) is 15.9 Å². The number of thioether (sulfide) groups is 1. The van der Waals surface area contributed by atoms with E-state index in [1.807, 2.05) is 0 Å². The maximum atomic E-state index is 11.6. The van der Waals surface area contributed by atoms with Crippen molar-refractivity contribution >= 4 is 40.3 Å². The van der Waals surface area contributed by atoms with Crippen molar-refractivity contribution in [3.05, 3.63) is 0 Å². The Morgan fingerprint density at radius 2 is 2.00 bits per heavy atom. The third-order valence-corrected chi connectivity index (χ3v) is 3.59. The number of rotatable bonds is 5. The highest BCUT2D eigenvalue weighted by molar-refractivity contribution is 9.11. The van der Waals surface area contributed by atoms with Crippen LogP contribution in [0.3, 0.4) is 0 Å². The maximum absolute atomic E-state index is 11.6. The predicted octanol–water partition coefficient (Wildman–Crippen LogP) is 3.71. The Hall–Kier alpha value is 0.970. The topological polar surface area (TPSA) is 0 Å². The van der Waals surface area contributed by atoms with Crippen LogP contribution in [0.25, 0.3) is 0 Å². The molecular formula is C6H10BrF3S2. The van der Waals surface area contributed by atoms with Gasteiger partial charge in [-0.25, -0.2) is 0 Å². The van der Waals surface area contributed by atoms with Crippen molar-refractivity contribution in [1.29, 1.82) is 0 Å². The molecule has 0 spiro atoms. The number of halogens is 4. The van der Waals surface area contributed by atoms with Gasteiger partial charge in [0.1, 0.15) is 0 Å². The Bertz CT molecular complexity index is 118. The minimum Gasteiger partial charge on any atom is -0.179 e. The van der Waals surface area contributed by atoms with Gasteiger partial charge in [0.05, 0.1) is 10.6 Å². The number of hydrogen-bond acceptors (Lipinski definition) is 2. The summed E-state index contributed by atoms with van der Waals surface area (Å²) in [5.41, 5.74) is 0. The summed E-state index contributed by atoms with van der Waals surface area (Å²) < 4.78 is 35.0. The maximum Gasteiger partial charge on any atom is 0.389 e. The molecule has 0 saturated heterocycles. The first kappa shape index (κ1) is 13.0. The second kappa shape index (κ2) is 6.43. The number of hydrogen-bond donors (Lipinski definition) is 1. The van der Waals surface area contributed by atoms with Crippen LogP contribution in [0.15, 0.2) is 0 Å². The number of alkyl halides is 4. The average Bonchev–Trinajstić information content (AvgIpc) is 1.84. The zero-order chi connectivity index (χ0) is 9.61. The molecule has 0 radical (unpaired) electrons. The second-order valence-electron chi connectivity index (χ2n) is 2.16. The number of thiol groups is 1. The summed E-state index contributed by atoms with van der Waals surface area (Å²) >= 11 is 8.50. The molecule has 1 atom stereocenters. The molecule has 0 nitrogen and oxygen atoms in total. The van der Waals surface area contributed by atoms with E-state index in [0.717, 1.165) is 6.42 Å². The minimum absolute atomic E-state index is 0.0948. The summed E-state index contributed by atoms with van der Waals surface area (Å²) in [6, 6.07) is 0. The largest absolute Gasteiger partial charge is 0.389 e. The van der Waals surface area contributed by atoms with Crippen molar-refractivity contribution in [2.45, 2.75) is 23.2 Å². The van der Waals surface area contributed by atoms with E-state index in [1.54, 1.807) is 0 Å². The standard InChI is InChI=1S/C6H10BrF3S2/c7-5(1-3-11)12-4-2-6(8,9)10/h5,11H,1-4H2. The summed E-state index contributed by atoms with van der Waals surface area (Å²) in [5.74, 6) is 0.808. The Morgan fingerprint density at radius 3 is 2.42 bits per heavy atom. The lowest BCUT2D eigenvalue weighted by Crippen LogP contribution is -2.09. The fourth-order valence-electron chi connectivity index (χ4n) is 0.487. The highest BCUT2D eigenvalue weighted by Gasteiger charge is 2.26. The monoisotopic (exact) mass is 282 g/mol. The summed E-state index contributed by atoms with van der Waals surface area (Å²) in [6.07, 6.45) is -3.96. The molecule has 0 aromatic carbocycles. The zero-order valence-electron chi connectivity index (χ0n) is 6.27. The lowest BCUT2D eigenvalue weighted by molar-refractivity contribution is -0.129. The third kappa shape index (κ3) is 9.06. The molecule has 0 aliphatic heterocycles. The van der Waals surface area contributed by atoms with Gasteiger partial charge in [-0.15, -0.1) is 11.8 Å². The predicted molar refractivity (Wildman–Crippen MR) is 54.3 cm³/mol. The molecule has 6 heteroatoms. The van der Waals surface area contributed by atoms with Gasteiger partial charge in [0.15, 0.2) is 0 Å². The molecule has 0 aromatic heterocycles. The Morgan fingerprint density at radius 1 is 1.42 bits per heavy atom. The summed E-state index contributed by atoms with van der Waals surface area (Å²) in [7, 11) is 0. The summed E-state index contributed by atoms with van der Waals surface area (Å²) in [5, 5.41) is 0. The second-order valence-corrected chi connectivity index (χ2v) is 5.63. The van der Waals surface area contributed by atoms with E-state index in [1.165, 1.54) is 11.8 Å². The summed E-state index contributed by atoms with van der Waals surface area (Å²) in [6.45, 7) is 0. The molecule has 74 valence electrons. The Balaban J connectivity index is 3.31. The first-order valence-corrected chi connectivity index (χ1v) is 5.98. The van der Waals surface area contributed by atoms with Crippen molar-refractivity contribution in [2.24, 2.45) is 0 Å². The molecular weight excluding hydrogens is 273 g/mol. The van der Waals surface area contributed by atoms with E-state index in [-0.39, 0.29) is 9.91 Å². The lowest BCUT2D eigenvalue weighted by atomic mass is 10.5. The Kier molecular flexibility index (Phi) is 6.95. The molecule has 0 bridgehead atoms. The quantitative estimate of drug-likeness (QED) is 0.593. The SMILES string of the molecule is FC(F)(F)CCSC(Br)CCS. The fraction of sp³-hybridized carbons (Fsp3) is 1.00. The first-order chi connectivity index (χ1) is 5.45. The van der Waals surface area contributed by atoms with E-state index >= 15 is 0 Å². The van der Waals surface area contributed by atoms with Crippen LogP contribution in [0.1, 0.15) is 12.8 Å². The van der Waals surface area contributed by atoms with Crippen LogP contribution in [-0.4, -0.2) is 21.8 Å². The van der Waals surface area contributed by atoms with Gasteiger partial charge < -0.3 is 0 Å². The highest BCUT2D eigenvalue weighted by Crippen LogP contribution is 2.27. The van der Waals surface area contributed by atoms with E-state index in [0.29, 0.717) is 5.75 Å². The van der Waals surface area contributed by atoms with Crippen molar-refractivity contribution in [2.75, 3.05) is 11.5 Å². The smallest absolute Gasteiger partial charge is 0.179 e. The van der Waals surface area contributed by atoms with Crippen molar-refractivity contribution < 1.29 is 13.2 Å². The highest BCUT2D eigenvalue weighted by atomic mass is 79.9. The molecule has 1 unspecified atom stereocenters. The van der Waals surface area contributed by atoms with Crippen LogP contribution in [0.2, 0.25) is 0 Å². The molecule has 0 saturated carbocycles. The van der Waals surface area contributed by atoms with Crippen molar-refractivity contribution in [1.82, 2.24) is 0 Å². The Labute approximate surface area is 88.2 Å². The molecule has 0 N–H and O–H groups in total. The first-order valence-electron chi connectivity index (χ1n) is 3.39. The third-order valence-electron chi connectivity index (χ3n) is 1.04. The molecule has 0 aromatic rings. The van der Waals surface area contributed by atoms with Gasteiger partial charge in [-0.05, 0) is 12.2 Å². The lowest BCUT2D eigenvalue weighted by Gasteiger charge is -2.09. The van der Waals surface area contributed by atoms with Crippen LogP contribution in [-0.2, 0) is 0 Å².